The number of amides is 1. The van der Waals surface area contributed by atoms with Gasteiger partial charge in [-0.15, -0.1) is 0 Å². The highest BCUT2D eigenvalue weighted by Gasteiger charge is 2.41. The maximum atomic E-state index is 13.7. The van der Waals surface area contributed by atoms with Crippen LogP contribution in [0.5, 0.6) is 0 Å². The number of aromatic nitrogens is 1. The van der Waals surface area contributed by atoms with E-state index in [0.717, 1.165) is 45.5 Å². The minimum Gasteiger partial charge on any atom is -0.357 e. The van der Waals surface area contributed by atoms with Gasteiger partial charge in [0, 0.05) is 23.1 Å². The number of benzene rings is 3. The first-order valence-corrected chi connectivity index (χ1v) is 13.0. The Morgan fingerprint density at radius 2 is 1.74 bits per heavy atom. The Labute approximate surface area is 222 Å². The van der Waals surface area contributed by atoms with Crippen molar-refractivity contribution in [3.63, 3.8) is 0 Å². The van der Waals surface area contributed by atoms with Crippen LogP contribution < -0.4 is 15.5 Å². The van der Waals surface area contributed by atoms with E-state index in [1.165, 1.54) is 0 Å². The van der Waals surface area contributed by atoms with Crippen LogP contribution in [0, 0.1) is 5.41 Å². The highest BCUT2D eigenvalue weighted by molar-refractivity contribution is 6.03. The number of rotatable bonds is 4. The van der Waals surface area contributed by atoms with Gasteiger partial charge in [0.2, 0.25) is 5.91 Å². The van der Waals surface area contributed by atoms with Gasteiger partial charge >= 0.3 is 0 Å². The van der Waals surface area contributed by atoms with Crippen LogP contribution in [0.3, 0.4) is 0 Å². The van der Waals surface area contributed by atoms with Crippen molar-refractivity contribution >= 4 is 39.7 Å². The van der Waals surface area contributed by atoms with Crippen molar-refractivity contribution < 1.29 is 9.59 Å². The lowest BCUT2D eigenvalue weighted by Gasteiger charge is -2.37. The molecule has 1 aliphatic carbocycles. The third kappa shape index (κ3) is 4.54. The van der Waals surface area contributed by atoms with E-state index in [4.69, 9.17) is 0 Å². The molecule has 2 aliphatic rings. The average molecular weight is 503 g/mol. The summed E-state index contributed by atoms with van der Waals surface area (Å²) in [4.78, 5) is 33.8. The molecule has 38 heavy (non-hydrogen) atoms. The second-order valence-electron chi connectivity index (χ2n) is 10.9. The highest BCUT2D eigenvalue weighted by atomic mass is 16.2. The molecule has 2 N–H and O–H groups in total. The number of carbonyl (C=O) groups excluding carboxylic acids is 2. The number of nitrogens with zero attached hydrogens (tertiary/aromatic N) is 2. The molecule has 0 radical (unpaired) electrons. The lowest BCUT2D eigenvalue weighted by Crippen LogP contribution is -2.40. The van der Waals surface area contributed by atoms with Crippen molar-refractivity contribution in [1.82, 2.24) is 4.98 Å². The van der Waals surface area contributed by atoms with Gasteiger partial charge in [0.1, 0.15) is 0 Å². The molecule has 0 fully saturated rings. The van der Waals surface area contributed by atoms with Gasteiger partial charge in [0.15, 0.2) is 5.78 Å². The number of carbonyl (C=O) groups is 2. The van der Waals surface area contributed by atoms with Crippen LogP contribution in [0.1, 0.15) is 38.3 Å². The van der Waals surface area contributed by atoms with E-state index in [2.05, 4.69) is 34.4 Å². The van der Waals surface area contributed by atoms with Gasteiger partial charge in [-0.3, -0.25) is 14.6 Å². The van der Waals surface area contributed by atoms with Crippen LogP contribution in [0.15, 0.2) is 102 Å². The summed E-state index contributed by atoms with van der Waals surface area (Å²) in [5, 5.41) is 7.59. The summed E-state index contributed by atoms with van der Waals surface area (Å²) < 4.78 is 0. The third-order valence-corrected chi connectivity index (χ3v) is 7.31. The monoisotopic (exact) mass is 502 g/mol. The maximum Gasteiger partial charge on any atom is 0.243 e. The molecule has 1 atom stereocenters. The number of ketones is 1. The van der Waals surface area contributed by atoms with Crippen LogP contribution in [-0.4, -0.2) is 23.2 Å². The van der Waals surface area contributed by atoms with Gasteiger partial charge in [0.25, 0.3) is 0 Å². The number of hydrogen-bond acceptors (Lipinski definition) is 5. The van der Waals surface area contributed by atoms with E-state index in [1.54, 1.807) is 6.20 Å². The Morgan fingerprint density at radius 1 is 1.00 bits per heavy atom. The van der Waals surface area contributed by atoms with Crippen LogP contribution in [0.2, 0.25) is 0 Å². The zero-order valence-corrected chi connectivity index (χ0v) is 21.6. The first-order valence-electron chi connectivity index (χ1n) is 13.0. The van der Waals surface area contributed by atoms with Crippen LogP contribution in [0.4, 0.5) is 17.1 Å². The third-order valence-electron chi connectivity index (χ3n) is 7.31. The quantitative estimate of drug-likeness (QED) is 0.334. The molecule has 6 heteroatoms. The molecule has 6 rings (SSSR count). The average Bonchev–Trinajstić information content (AvgIpc) is 3.03. The lowest BCUT2D eigenvalue weighted by molar-refractivity contribution is -0.119. The first kappa shape index (κ1) is 23.9. The number of allylic oxidation sites excluding steroid dienone is 1. The highest BCUT2D eigenvalue weighted by Crippen LogP contribution is 2.48. The van der Waals surface area contributed by atoms with Gasteiger partial charge in [-0.1, -0.05) is 74.5 Å². The fourth-order valence-corrected chi connectivity index (χ4v) is 5.70. The van der Waals surface area contributed by atoms with Crippen molar-refractivity contribution in [3.8, 4) is 0 Å². The summed E-state index contributed by atoms with van der Waals surface area (Å²) in [6.07, 6.45) is 2.91. The van der Waals surface area contributed by atoms with Crippen molar-refractivity contribution in [2.75, 3.05) is 22.1 Å². The van der Waals surface area contributed by atoms with Crippen molar-refractivity contribution in [2.45, 2.75) is 32.7 Å². The Kier molecular flexibility index (Phi) is 5.95. The predicted molar refractivity (Wildman–Crippen MR) is 152 cm³/mol. The second-order valence-corrected chi connectivity index (χ2v) is 10.9. The number of Topliss-reactive ketones (excluding diaryl/α,β-unsaturated/α-hetero) is 1. The lowest BCUT2D eigenvalue weighted by atomic mass is 9.73. The zero-order valence-electron chi connectivity index (χ0n) is 21.6. The minimum atomic E-state index is -0.397. The topological polar surface area (TPSA) is 74.3 Å². The molecule has 6 nitrogen and oxygen atoms in total. The summed E-state index contributed by atoms with van der Waals surface area (Å²) in [6, 6.07) is 27.3. The minimum absolute atomic E-state index is 0.0680. The maximum absolute atomic E-state index is 13.7. The zero-order chi connectivity index (χ0) is 26.3. The smallest absolute Gasteiger partial charge is 0.243 e. The molecule has 190 valence electrons. The van der Waals surface area contributed by atoms with Crippen molar-refractivity contribution in [3.05, 3.63) is 108 Å². The number of para-hydroxylation sites is 3. The number of anilines is 3. The number of pyridine rings is 1. The number of hydrogen-bond donors (Lipinski definition) is 2. The molecular formula is C32H30N4O2. The molecule has 1 aromatic heterocycles. The summed E-state index contributed by atoms with van der Waals surface area (Å²) in [5.74, 6) is -0.0556. The Morgan fingerprint density at radius 3 is 2.58 bits per heavy atom. The van der Waals surface area contributed by atoms with Gasteiger partial charge in [-0.25, -0.2) is 0 Å². The first-order chi connectivity index (χ1) is 18.4. The summed E-state index contributed by atoms with van der Waals surface area (Å²) in [7, 11) is 0. The second kappa shape index (κ2) is 9.45. The predicted octanol–water partition coefficient (Wildman–Crippen LogP) is 6.49. The molecule has 0 saturated heterocycles. The standard InChI is InChI=1S/C32H30N4O2/c1-32(2)17-26-30(28(37)18-32)31(21-10-4-3-5-11-21)36(27-15-9-8-14-25(27)35-26)20-29(38)34-23-16-22-12-6-7-13-24(22)33-19-23/h3-16,19,31,35H,17-18,20H2,1-2H3,(H,34,38). The van der Waals surface area contributed by atoms with Crippen LogP contribution in [-0.2, 0) is 9.59 Å². The number of nitrogens with one attached hydrogen (secondary N) is 2. The van der Waals surface area contributed by atoms with E-state index in [-0.39, 0.29) is 23.7 Å². The summed E-state index contributed by atoms with van der Waals surface area (Å²) in [6.45, 7) is 4.33. The van der Waals surface area contributed by atoms with Gasteiger partial charge in [-0.05, 0) is 41.7 Å². The fourth-order valence-electron chi connectivity index (χ4n) is 5.70. The molecule has 0 saturated carbocycles. The SMILES string of the molecule is CC1(C)CC(=O)C2=C(C1)Nc1ccccc1N(CC(=O)Nc1cnc3ccccc3c1)C2c1ccccc1. The van der Waals surface area contributed by atoms with Crippen LogP contribution in [0.25, 0.3) is 10.9 Å². The van der Waals surface area contributed by atoms with Gasteiger partial charge < -0.3 is 15.5 Å². The van der Waals surface area contributed by atoms with Crippen LogP contribution >= 0.6 is 0 Å². The molecule has 2 heterocycles. The molecule has 0 spiro atoms. The van der Waals surface area contributed by atoms with Gasteiger partial charge in [-0.2, -0.15) is 0 Å². The molecule has 4 aromatic rings. The molecular weight excluding hydrogens is 472 g/mol. The Balaban J connectivity index is 1.42. The van der Waals surface area contributed by atoms with E-state index < -0.39 is 6.04 Å². The van der Waals surface area contributed by atoms with E-state index in [9.17, 15) is 9.59 Å². The van der Waals surface area contributed by atoms with Crippen molar-refractivity contribution in [2.24, 2.45) is 5.41 Å². The largest absolute Gasteiger partial charge is 0.357 e. The summed E-state index contributed by atoms with van der Waals surface area (Å²) >= 11 is 0. The fraction of sp³-hybridized carbons (Fsp3) is 0.219. The van der Waals surface area contributed by atoms with E-state index in [0.29, 0.717) is 12.1 Å². The summed E-state index contributed by atoms with van der Waals surface area (Å²) in [5.41, 5.74) is 5.81. The Hall–Kier alpha value is -4.45. The Bertz CT molecular complexity index is 1570. The molecule has 1 amide bonds. The number of fused-ring (bicyclic) bond motifs is 2. The normalized spacial score (nSPS) is 18.3. The molecule has 1 unspecified atom stereocenters. The molecule has 0 bridgehead atoms. The molecule has 3 aromatic carbocycles. The van der Waals surface area contributed by atoms with Gasteiger partial charge in [0.05, 0.1) is 41.4 Å². The van der Waals surface area contributed by atoms with Crippen molar-refractivity contribution in [1.29, 1.82) is 0 Å². The van der Waals surface area contributed by atoms with E-state index in [1.807, 2.05) is 84.9 Å². The van der Waals surface area contributed by atoms with E-state index >= 15 is 0 Å². The molecule has 1 aliphatic heterocycles.